The van der Waals surface area contributed by atoms with Crippen molar-refractivity contribution in [2.24, 2.45) is 5.92 Å². The molecule has 4 rings (SSSR count). The lowest BCUT2D eigenvalue weighted by molar-refractivity contribution is -0.138. The molecule has 9 nitrogen and oxygen atoms in total. The summed E-state index contributed by atoms with van der Waals surface area (Å²) in [5.41, 5.74) is 1.29. The molecule has 234 valence electrons. The van der Waals surface area contributed by atoms with Crippen LogP contribution in [0.2, 0.25) is 0 Å². The molecule has 0 aromatic heterocycles. The van der Waals surface area contributed by atoms with Gasteiger partial charge in [-0.1, -0.05) is 37.8 Å². The standard InChI is InChI=1S/C33H43IN2O7/c1-41-25-12-13-28(42-2)23(19-25)15-17-36(31(38)14-11-22-7-3-4-8-22)27-20-24(33(40)35-16-18-37)21-30(32(27)39)43-29-10-6-5-9-26(29)34/h5-6,9-10,12-13,19,21-22,27,30,32,37,39H,3-4,7-8,11,14-18,20H2,1-2H3,(H,35,40). The topological polar surface area (TPSA) is 118 Å². The highest BCUT2D eigenvalue weighted by atomic mass is 127. The minimum Gasteiger partial charge on any atom is -0.497 e. The van der Waals surface area contributed by atoms with Gasteiger partial charge in [0.15, 0.2) is 0 Å². The van der Waals surface area contributed by atoms with Gasteiger partial charge >= 0.3 is 0 Å². The molecule has 2 aromatic carbocycles. The van der Waals surface area contributed by atoms with Gasteiger partial charge in [0.2, 0.25) is 11.8 Å². The third-order valence-corrected chi connectivity index (χ3v) is 9.28. The van der Waals surface area contributed by atoms with Crippen molar-refractivity contribution in [1.29, 1.82) is 0 Å². The number of ether oxygens (including phenoxy) is 3. The van der Waals surface area contributed by atoms with Crippen molar-refractivity contribution in [3.8, 4) is 17.2 Å². The molecule has 0 radical (unpaired) electrons. The van der Waals surface area contributed by atoms with Gasteiger partial charge in [0, 0.05) is 31.5 Å². The highest BCUT2D eigenvalue weighted by Gasteiger charge is 2.40. The maximum absolute atomic E-state index is 14.0. The van der Waals surface area contributed by atoms with E-state index in [0.717, 1.165) is 28.4 Å². The molecule has 3 N–H and O–H groups in total. The fraction of sp³-hybridized carbons (Fsp3) is 0.515. The van der Waals surface area contributed by atoms with Crippen molar-refractivity contribution in [1.82, 2.24) is 10.2 Å². The molecule has 0 aliphatic heterocycles. The predicted molar refractivity (Wildman–Crippen MR) is 172 cm³/mol. The summed E-state index contributed by atoms with van der Waals surface area (Å²) in [7, 11) is 3.21. The second-order valence-electron chi connectivity index (χ2n) is 11.2. The summed E-state index contributed by atoms with van der Waals surface area (Å²) in [4.78, 5) is 28.8. The summed E-state index contributed by atoms with van der Waals surface area (Å²) >= 11 is 2.17. The Morgan fingerprint density at radius 1 is 1.07 bits per heavy atom. The fourth-order valence-corrected chi connectivity index (χ4v) is 6.54. The number of carbonyl (C=O) groups is 2. The van der Waals surface area contributed by atoms with Crippen molar-refractivity contribution < 1.29 is 34.0 Å². The maximum Gasteiger partial charge on any atom is 0.247 e. The van der Waals surface area contributed by atoms with Gasteiger partial charge in [0.1, 0.15) is 29.5 Å². The molecule has 1 fully saturated rings. The van der Waals surface area contributed by atoms with Crippen molar-refractivity contribution in [2.45, 2.75) is 69.6 Å². The number of aliphatic hydroxyl groups is 2. The van der Waals surface area contributed by atoms with Crippen LogP contribution in [0.15, 0.2) is 54.1 Å². The van der Waals surface area contributed by atoms with E-state index in [0.29, 0.717) is 48.1 Å². The molecule has 2 aromatic rings. The number of hydrogen-bond acceptors (Lipinski definition) is 7. The third kappa shape index (κ3) is 8.86. The smallest absolute Gasteiger partial charge is 0.247 e. The van der Waals surface area contributed by atoms with E-state index in [1.807, 2.05) is 42.5 Å². The van der Waals surface area contributed by atoms with E-state index in [4.69, 9.17) is 14.2 Å². The molecule has 2 aliphatic carbocycles. The third-order valence-electron chi connectivity index (χ3n) is 8.39. The molecule has 10 heteroatoms. The number of para-hydroxylation sites is 1. The molecular weight excluding hydrogens is 663 g/mol. The minimum absolute atomic E-state index is 0.0529. The van der Waals surface area contributed by atoms with Crippen LogP contribution in [-0.4, -0.2) is 79.1 Å². The van der Waals surface area contributed by atoms with Gasteiger partial charge < -0.3 is 34.6 Å². The molecule has 0 saturated heterocycles. The van der Waals surface area contributed by atoms with Crippen LogP contribution >= 0.6 is 22.6 Å². The normalized spacial score (nSPS) is 20.3. The largest absolute Gasteiger partial charge is 0.497 e. The average Bonchev–Trinajstić information content (AvgIpc) is 3.55. The SMILES string of the molecule is COc1ccc(OC)c(CCN(C(=O)CCC2CCCC2)C2CC(C(=O)NCCO)=CC(Oc3ccccc3I)C2O)c1. The number of methoxy groups -OCH3 is 2. The lowest BCUT2D eigenvalue weighted by Crippen LogP contribution is -2.55. The lowest BCUT2D eigenvalue weighted by atomic mass is 9.87. The van der Waals surface area contributed by atoms with E-state index in [-0.39, 0.29) is 31.4 Å². The number of halogens is 1. The Morgan fingerprint density at radius 2 is 1.84 bits per heavy atom. The van der Waals surface area contributed by atoms with Crippen LogP contribution in [0.4, 0.5) is 0 Å². The van der Waals surface area contributed by atoms with Crippen LogP contribution in [0.5, 0.6) is 17.2 Å². The first kappa shape index (κ1) is 33.1. The van der Waals surface area contributed by atoms with Crippen LogP contribution in [0, 0.1) is 9.49 Å². The van der Waals surface area contributed by atoms with E-state index >= 15 is 0 Å². The first-order valence-corrected chi connectivity index (χ1v) is 16.1. The molecular formula is C33H43IN2O7. The number of rotatable bonds is 14. The second kappa shape index (κ2) is 16.3. The molecule has 0 heterocycles. The Morgan fingerprint density at radius 3 is 2.53 bits per heavy atom. The zero-order valence-corrected chi connectivity index (χ0v) is 27.1. The first-order chi connectivity index (χ1) is 20.8. The van der Waals surface area contributed by atoms with E-state index in [2.05, 4.69) is 27.9 Å². The van der Waals surface area contributed by atoms with Gasteiger partial charge in [-0.2, -0.15) is 0 Å². The highest BCUT2D eigenvalue weighted by Crippen LogP contribution is 2.33. The molecule has 1 saturated carbocycles. The van der Waals surface area contributed by atoms with Gasteiger partial charge in [-0.3, -0.25) is 9.59 Å². The number of hydrogen-bond donors (Lipinski definition) is 3. The van der Waals surface area contributed by atoms with Gasteiger partial charge in [0.05, 0.1) is 30.4 Å². The summed E-state index contributed by atoms with van der Waals surface area (Å²) in [6.45, 7) is 0.225. The van der Waals surface area contributed by atoms with E-state index in [1.54, 1.807) is 25.2 Å². The lowest BCUT2D eigenvalue weighted by Gasteiger charge is -2.41. The molecule has 0 bridgehead atoms. The summed E-state index contributed by atoms with van der Waals surface area (Å²) in [6.07, 6.45) is 6.21. The number of amides is 2. The molecule has 43 heavy (non-hydrogen) atoms. The number of benzene rings is 2. The Balaban J connectivity index is 1.64. The highest BCUT2D eigenvalue weighted by molar-refractivity contribution is 14.1. The molecule has 3 atom stereocenters. The predicted octanol–water partition coefficient (Wildman–Crippen LogP) is 4.27. The average molecular weight is 707 g/mol. The first-order valence-electron chi connectivity index (χ1n) is 15.0. The number of nitrogens with zero attached hydrogens (tertiary/aromatic N) is 1. The van der Waals surface area contributed by atoms with Crippen LogP contribution in [0.1, 0.15) is 50.5 Å². The molecule has 2 amide bonds. The van der Waals surface area contributed by atoms with E-state index < -0.39 is 18.2 Å². The quantitative estimate of drug-likeness (QED) is 0.252. The van der Waals surface area contributed by atoms with Crippen LogP contribution in [-0.2, 0) is 16.0 Å². The molecule has 3 unspecified atom stereocenters. The Hall–Kier alpha value is -2.83. The Bertz CT molecular complexity index is 1260. The zero-order valence-electron chi connectivity index (χ0n) is 25.0. The number of nitrogens with one attached hydrogen (secondary N) is 1. The summed E-state index contributed by atoms with van der Waals surface area (Å²) < 4.78 is 18.2. The van der Waals surface area contributed by atoms with Crippen molar-refractivity contribution in [3.05, 3.63) is 63.2 Å². The van der Waals surface area contributed by atoms with Gasteiger partial charge in [-0.15, -0.1) is 0 Å². The fourth-order valence-electron chi connectivity index (χ4n) is 6.03. The van der Waals surface area contributed by atoms with Crippen LogP contribution < -0.4 is 19.5 Å². The van der Waals surface area contributed by atoms with Gasteiger partial charge in [0.25, 0.3) is 0 Å². The minimum atomic E-state index is -1.08. The summed E-state index contributed by atoms with van der Waals surface area (Å²) in [5, 5.41) is 23.8. The monoisotopic (exact) mass is 706 g/mol. The van der Waals surface area contributed by atoms with Crippen molar-refractivity contribution in [3.63, 3.8) is 0 Å². The zero-order chi connectivity index (χ0) is 30.8. The van der Waals surface area contributed by atoms with E-state index in [9.17, 15) is 19.8 Å². The van der Waals surface area contributed by atoms with Crippen LogP contribution in [0.25, 0.3) is 0 Å². The van der Waals surface area contributed by atoms with Gasteiger partial charge in [-0.25, -0.2) is 0 Å². The number of aliphatic hydroxyl groups excluding tert-OH is 2. The van der Waals surface area contributed by atoms with E-state index in [1.165, 1.54) is 12.8 Å². The summed E-state index contributed by atoms with van der Waals surface area (Å²) in [5.74, 6) is 2.09. The maximum atomic E-state index is 14.0. The van der Waals surface area contributed by atoms with Crippen LogP contribution in [0.3, 0.4) is 0 Å². The Labute approximate surface area is 267 Å². The second-order valence-corrected chi connectivity index (χ2v) is 12.3. The molecule has 2 aliphatic rings. The molecule has 0 spiro atoms. The Kier molecular flexibility index (Phi) is 12.5. The summed E-state index contributed by atoms with van der Waals surface area (Å²) in [6, 6.07) is 12.3. The number of carbonyl (C=O) groups excluding carboxylic acids is 2. The van der Waals surface area contributed by atoms with Crippen molar-refractivity contribution in [2.75, 3.05) is 33.9 Å². The van der Waals surface area contributed by atoms with Crippen molar-refractivity contribution >= 4 is 34.4 Å². The van der Waals surface area contributed by atoms with Gasteiger partial charge in [-0.05, 0) is 83.3 Å².